The van der Waals surface area contributed by atoms with Crippen LogP contribution in [-0.4, -0.2) is 32.9 Å². The van der Waals surface area contributed by atoms with Crippen molar-refractivity contribution in [2.45, 2.75) is 50.2 Å². The van der Waals surface area contributed by atoms with Gasteiger partial charge in [-0.25, -0.2) is 4.98 Å². The Labute approximate surface area is 112 Å². The SMILES string of the molecule is O=C1N(CC2CC2)[C@@H](c2cnc[nH]2)NC12CCCC2. The summed E-state index contributed by atoms with van der Waals surface area (Å²) in [6.07, 6.45) is 10.3. The lowest BCUT2D eigenvalue weighted by molar-refractivity contribution is -0.133. The lowest BCUT2D eigenvalue weighted by atomic mass is 9.98. The van der Waals surface area contributed by atoms with Gasteiger partial charge in [-0.2, -0.15) is 0 Å². The smallest absolute Gasteiger partial charge is 0.244 e. The summed E-state index contributed by atoms with van der Waals surface area (Å²) in [6, 6.07) is 0. The second-order valence-corrected chi connectivity index (χ2v) is 6.24. The molecule has 3 aliphatic rings. The summed E-state index contributed by atoms with van der Waals surface area (Å²) in [7, 11) is 0. The lowest BCUT2D eigenvalue weighted by Gasteiger charge is -2.23. The summed E-state index contributed by atoms with van der Waals surface area (Å²) in [5, 5.41) is 3.61. The van der Waals surface area contributed by atoms with Crippen molar-refractivity contribution in [2.75, 3.05) is 6.54 Å². The number of aromatic amines is 1. The summed E-state index contributed by atoms with van der Waals surface area (Å²) in [6.45, 7) is 0.900. The Morgan fingerprint density at radius 2 is 2.16 bits per heavy atom. The van der Waals surface area contributed by atoms with E-state index in [0.717, 1.165) is 37.9 Å². The highest BCUT2D eigenvalue weighted by atomic mass is 16.2. The zero-order valence-electron chi connectivity index (χ0n) is 11.1. The number of amides is 1. The van der Waals surface area contributed by atoms with E-state index in [9.17, 15) is 4.79 Å². The van der Waals surface area contributed by atoms with E-state index < -0.39 is 0 Å². The van der Waals surface area contributed by atoms with Gasteiger partial charge in [-0.3, -0.25) is 10.1 Å². The van der Waals surface area contributed by atoms with Crippen molar-refractivity contribution in [3.8, 4) is 0 Å². The molecule has 19 heavy (non-hydrogen) atoms. The number of H-pyrrole nitrogens is 1. The number of hydrogen-bond donors (Lipinski definition) is 2. The maximum absolute atomic E-state index is 12.8. The molecule has 2 aliphatic carbocycles. The molecule has 0 unspecified atom stereocenters. The van der Waals surface area contributed by atoms with Gasteiger partial charge in [-0.1, -0.05) is 12.8 Å². The Morgan fingerprint density at radius 3 is 2.79 bits per heavy atom. The molecule has 1 amide bonds. The lowest BCUT2D eigenvalue weighted by Crippen LogP contribution is -2.44. The van der Waals surface area contributed by atoms with Gasteiger partial charge in [0.1, 0.15) is 6.17 Å². The van der Waals surface area contributed by atoms with Crippen LogP contribution in [0.4, 0.5) is 0 Å². The first-order chi connectivity index (χ1) is 9.28. The van der Waals surface area contributed by atoms with E-state index in [0.29, 0.717) is 11.8 Å². The molecule has 2 saturated carbocycles. The third-order valence-corrected chi connectivity index (χ3v) is 4.82. The monoisotopic (exact) mass is 260 g/mol. The van der Waals surface area contributed by atoms with E-state index in [-0.39, 0.29) is 11.7 Å². The number of nitrogens with zero attached hydrogens (tertiary/aromatic N) is 2. The van der Waals surface area contributed by atoms with Crippen molar-refractivity contribution in [2.24, 2.45) is 5.92 Å². The van der Waals surface area contributed by atoms with Crippen LogP contribution < -0.4 is 5.32 Å². The number of carbonyl (C=O) groups is 1. The Balaban J connectivity index is 1.65. The van der Waals surface area contributed by atoms with Crippen LogP contribution >= 0.6 is 0 Å². The van der Waals surface area contributed by atoms with Crippen molar-refractivity contribution >= 4 is 5.91 Å². The van der Waals surface area contributed by atoms with Gasteiger partial charge in [0, 0.05) is 6.54 Å². The molecule has 1 saturated heterocycles. The number of carbonyl (C=O) groups excluding carboxylic acids is 1. The van der Waals surface area contributed by atoms with Gasteiger partial charge in [-0.05, 0) is 31.6 Å². The Kier molecular flexibility index (Phi) is 2.45. The molecule has 5 nitrogen and oxygen atoms in total. The predicted octanol–water partition coefficient (Wildman–Crippen LogP) is 1.56. The number of aromatic nitrogens is 2. The Hall–Kier alpha value is -1.36. The van der Waals surface area contributed by atoms with Gasteiger partial charge in [0.25, 0.3) is 0 Å². The largest absolute Gasteiger partial charge is 0.346 e. The molecular formula is C14H20N4O. The number of imidazole rings is 1. The molecule has 1 atom stereocenters. The number of rotatable bonds is 3. The van der Waals surface area contributed by atoms with E-state index >= 15 is 0 Å². The molecule has 102 valence electrons. The van der Waals surface area contributed by atoms with Gasteiger partial charge >= 0.3 is 0 Å². The molecule has 3 fully saturated rings. The van der Waals surface area contributed by atoms with E-state index in [1.54, 1.807) is 6.33 Å². The summed E-state index contributed by atoms with van der Waals surface area (Å²) in [5.74, 6) is 1.03. The fourth-order valence-corrected chi connectivity index (χ4v) is 3.56. The van der Waals surface area contributed by atoms with Crippen LogP contribution in [0, 0.1) is 5.92 Å². The average molecular weight is 260 g/mol. The fraction of sp³-hybridized carbons (Fsp3) is 0.714. The minimum absolute atomic E-state index is 0.00583. The van der Waals surface area contributed by atoms with Gasteiger partial charge in [0.05, 0.1) is 23.8 Å². The van der Waals surface area contributed by atoms with E-state index in [2.05, 4.69) is 20.2 Å². The van der Waals surface area contributed by atoms with Crippen LogP contribution in [-0.2, 0) is 4.79 Å². The third kappa shape index (κ3) is 1.79. The summed E-state index contributed by atoms with van der Waals surface area (Å²) in [5.41, 5.74) is 0.725. The predicted molar refractivity (Wildman–Crippen MR) is 70.1 cm³/mol. The minimum Gasteiger partial charge on any atom is -0.346 e. The zero-order valence-corrected chi connectivity index (χ0v) is 11.1. The van der Waals surface area contributed by atoms with E-state index in [1.807, 2.05) is 6.20 Å². The van der Waals surface area contributed by atoms with Gasteiger partial charge < -0.3 is 9.88 Å². The van der Waals surface area contributed by atoms with Crippen LogP contribution in [0.2, 0.25) is 0 Å². The fourth-order valence-electron chi connectivity index (χ4n) is 3.56. The van der Waals surface area contributed by atoms with Crippen molar-refractivity contribution in [3.63, 3.8) is 0 Å². The van der Waals surface area contributed by atoms with Crippen LogP contribution in [0.3, 0.4) is 0 Å². The molecule has 1 aliphatic heterocycles. The van der Waals surface area contributed by atoms with Gasteiger partial charge in [-0.15, -0.1) is 0 Å². The Morgan fingerprint density at radius 1 is 1.37 bits per heavy atom. The second-order valence-electron chi connectivity index (χ2n) is 6.24. The average Bonchev–Trinajstić information content (AvgIpc) is 2.84. The first kappa shape index (κ1) is 11.5. The van der Waals surface area contributed by atoms with Crippen molar-refractivity contribution in [3.05, 3.63) is 18.2 Å². The summed E-state index contributed by atoms with van der Waals surface area (Å²) >= 11 is 0. The van der Waals surface area contributed by atoms with Crippen LogP contribution in [0.15, 0.2) is 12.5 Å². The highest BCUT2D eigenvalue weighted by Crippen LogP contribution is 2.42. The standard InChI is InChI=1S/C14H20N4O/c19-13-14(5-1-2-6-14)17-12(11-7-15-9-16-11)18(13)8-10-3-4-10/h7,9-10,12,17H,1-6,8H2,(H,15,16)/t12-/m0/s1. The molecule has 0 aromatic carbocycles. The molecule has 1 aromatic rings. The normalized spacial score (nSPS) is 29.6. The number of nitrogens with one attached hydrogen (secondary N) is 2. The summed E-state index contributed by atoms with van der Waals surface area (Å²) < 4.78 is 0. The molecule has 1 aromatic heterocycles. The van der Waals surface area contributed by atoms with Gasteiger partial charge in [0.2, 0.25) is 5.91 Å². The third-order valence-electron chi connectivity index (χ3n) is 4.82. The van der Waals surface area contributed by atoms with E-state index in [1.165, 1.54) is 12.8 Å². The van der Waals surface area contributed by atoms with Crippen LogP contribution in [0.1, 0.15) is 50.4 Å². The van der Waals surface area contributed by atoms with Crippen LogP contribution in [0.5, 0.6) is 0 Å². The molecule has 0 radical (unpaired) electrons. The van der Waals surface area contributed by atoms with Crippen molar-refractivity contribution < 1.29 is 4.79 Å². The first-order valence-electron chi connectivity index (χ1n) is 7.36. The molecule has 1 spiro atoms. The van der Waals surface area contributed by atoms with E-state index in [4.69, 9.17) is 0 Å². The molecule has 2 heterocycles. The van der Waals surface area contributed by atoms with Gasteiger partial charge in [0.15, 0.2) is 0 Å². The molecule has 5 heteroatoms. The molecule has 2 N–H and O–H groups in total. The summed E-state index contributed by atoms with van der Waals surface area (Å²) in [4.78, 5) is 22.1. The van der Waals surface area contributed by atoms with Crippen molar-refractivity contribution in [1.82, 2.24) is 20.2 Å². The van der Waals surface area contributed by atoms with Crippen molar-refractivity contribution in [1.29, 1.82) is 0 Å². The zero-order chi connectivity index (χ0) is 12.9. The Bertz CT molecular complexity index is 474. The topological polar surface area (TPSA) is 61.0 Å². The first-order valence-corrected chi connectivity index (χ1v) is 7.36. The van der Waals surface area contributed by atoms with Crippen LogP contribution in [0.25, 0.3) is 0 Å². The molecule has 0 bridgehead atoms. The second kappa shape index (κ2) is 4.07. The maximum Gasteiger partial charge on any atom is 0.244 e. The molecular weight excluding hydrogens is 240 g/mol. The highest BCUT2D eigenvalue weighted by molar-refractivity contribution is 5.89. The number of hydrogen-bond acceptors (Lipinski definition) is 3. The molecule has 4 rings (SSSR count). The minimum atomic E-state index is -0.287. The highest BCUT2D eigenvalue weighted by Gasteiger charge is 2.53. The quantitative estimate of drug-likeness (QED) is 0.867. The maximum atomic E-state index is 12.8.